The molecule has 6 nitrogen and oxygen atoms in total. The molecule has 1 aromatic rings. The lowest BCUT2D eigenvalue weighted by atomic mass is 10.4. The van der Waals surface area contributed by atoms with Crippen LogP contribution in [0.2, 0.25) is 0 Å². The number of anilines is 1. The van der Waals surface area contributed by atoms with Crippen molar-refractivity contribution in [2.24, 2.45) is 0 Å². The Kier molecular flexibility index (Phi) is 4.31. The van der Waals surface area contributed by atoms with Crippen molar-refractivity contribution >= 4 is 28.5 Å². The minimum Gasteiger partial charge on any atom is -0.299 e. The Morgan fingerprint density at radius 3 is 2.89 bits per heavy atom. The maximum absolute atomic E-state index is 12.2. The average Bonchev–Trinajstić information content (AvgIpc) is 2.84. The highest BCUT2D eigenvalue weighted by atomic mass is 32.2. The zero-order valence-corrected chi connectivity index (χ0v) is 11.9. The molecule has 0 radical (unpaired) electrons. The molecule has 1 atom stereocenters. The van der Waals surface area contributed by atoms with Gasteiger partial charge < -0.3 is 0 Å². The highest BCUT2D eigenvalue weighted by Crippen LogP contribution is 2.21. The molecule has 1 fully saturated rings. The van der Waals surface area contributed by atoms with Crippen LogP contribution in [0.25, 0.3) is 0 Å². The molecule has 1 unspecified atom stereocenters. The lowest BCUT2D eigenvalue weighted by Crippen LogP contribution is -2.28. The van der Waals surface area contributed by atoms with Gasteiger partial charge in [0.1, 0.15) is 10.7 Å². The molecular weight excluding hydrogens is 286 g/mol. The fourth-order valence-corrected chi connectivity index (χ4v) is 3.03. The first kappa shape index (κ1) is 14.1. The molecule has 1 aliphatic rings. The van der Waals surface area contributed by atoms with Crippen molar-refractivity contribution in [2.45, 2.75) is 17.1 Å². The van der Waals surface area contributed by atoms with E-state index in [0.29, 0.717) is 5.82 Å². The molecule has 0 saturated carbocycles. The summed E-state index contributed by atoms with van der Waals surface area (Å²) in [4.78, 5) is 9.14. The molecule has 102 valence electrons. The molecule has 0 aliphatic carbocycles. The van der Waals surface area contributed by atoms with Crippen LogP contribution in [0.15, 0.2) is 23.2 Å². The second-order valence-corrected chi connectivity index (χ2v) is 6.38. The van der Waals surface area contributed by atoms with Gasteiger partial charge in [-0.05, 0) is 19.1 Å². The average molecular weight is 299 g/mol. The predicted molar refractivity (Wildman–Crippen MR) is 73.9 cm³/mol. The van der Waals surface area contributed by atoms with Gasteiger partial charge in [0.25, 0.3) is 10.0 Å². The van der Waals surface area contributed by atoms with E-state index in [4.69, 9.17) is 4.84 Å². The quantitative estimate of drug-likeness (QED) is 0.488. The van der Waals surface area contributed by atoms with Gasteiger partial charge in [-0.25, -0.2) is 13.4 Å². The van der Waals surface area contributed by atoms with E-state index in [9.17, 15) is 8.42 Å². The van der Waals surface area contributed by atoms with Crippen LogP contribution in [-0.4, -0.2) is 36.3 Å². The molecule has 2 rings (SSSR count). The third-order valence-electron chi connectivity index (χ3n) is 2.39. The van der Waals surface area contributed by atoms with Gasteiger partial charge >= 0.3 is 0 Å². The number of sulfonamides is 1. The van der Waals surface area contributed by atoms with E-state index in [0.717, 1.165) is 4.47 Å². The minimum absolute atomic E-state index is 0.0740. The number of nitrogens with one attached hydrogen (secondary N) is 1. The normalized spacial score (nSPS) is 19.8. The van der Waals surface area contributed by atoms with Gasteiger partial charge in [-0.3, -0.25) is 10.2 Å². The van der Waals surface area contributed by atoms with Crippen molar-refractivity contribution in [3.63, 3.8) is 0 Å². The molecule has 0 bridgehead atoms. The predicted octanol–water partition coefficient (Wildman–Crippen LogP) is 0.709. The maximum atomic E-state index is 12.2. The van der Waals surface area contributed by atoms with Crippen molar-refractivity contribution in [1.82, 2.24) is 9.45 Å². The second-order valence-electron chi connectivity index (χ2n) is 3.82. The van der Waals surface area contributed by atoms with Gasteiger partial charge in [-0.15, -0.1) is 0 Å². The van der Waals surface area contributed by atoms with Gasteiger partial charge in [-0.2, -0.15) is 12.6 Å². The molecule has 8 heteroatoms. The van der Waals surface area contributed by atoms with E-state index < -0.39 is 10.0 Å². The van der Waals surface area contributed by atoms with Crippen LogP contribution in [-0.2, 0) is 14.9 Å². The van der Waals surface area contributed by atoms with Gasteiger partial charge in [0, 0.05) is 17.5 Å². The fraction of sp³-hybridized carbons (Fsp3) is 0.364. The van der Waals surface area contributed by atoms with Crippen molar-refractivity contribution in [3.8, 4) is 12.0 Å². The van der Waals surface area contributed by atoms with Crippen LogP contribution in [0.3, 0.4) is 0 Å². The van der Waals surface area contributed by atoms with Crippen molar-refractivity contribution in [2.75, 3.05) is 18.5 Å². The molecule has 1 saturated heterocycles. The van der Waals surface area contributed by atoms with Gasteiger partial charge in [0.05, 0.1) is 13.2 Å². The SMILES string of the molecule is CC#CNc1ccc(S(=O)(=O)N2CC(S)CO2)cn1. The number of pyridine rings is 1. The molecular formula is C11H13N3O3S2. The Morgan fingerprint density at radius 2 is 2.37 bits per heavy atom. The summed E-state index contributed by atoms with van der Waals surface area (Å²) >= 11 is 4.18. The van der Waals surface area contributed by atoms with E-state index in [2.05, 4.69) is 34.9 Å². The van der Waals surface area contributed by atoms with Crippen LogP contribution in [0, 0.1) is 12.0 Å². The Hall–Kier alpha value is -1.27. The number of hydrogen-bond acceptors (Lipinski definition) is 6. The minimum atomic E-state index is -3.67. The van der Waals surface area contributed by atoms with E-state index >= 15 is 0 Å². The van der Waals surface area contributed by atoms with Crippen LogP contribution >= 0.6 is 12.6 Å². The largest absolute Gasteiger partial charge is 0.299 e. The van der Waals surface area contributed by atoms with E-state index in [1.165, 1.54) is 12.3 Å². The van der Waals surface area contributed by atoms with E-state index in [1.807, 2.05) is 0 Å². The zero-order chi connectivity index (χ0) is 13.9. The first-order chi connectivity index (χ1) is 9.04. The summed E-state index contributed by atoms with van der Waals surface area (Å²) in [6.07, 6.45) is 1.27. The topological polar surface area (TPSA) is 71.5 Å². The number of hydrogen-bond donors (Lipinski definition) is 2. The molecule has 1 aromatic heterocycles. The Morgan fingerprint density at radius 1 is 1.58 bits per heavy atom. The van der Waals surface area contributed by atoms with Crippen LogP contribution < -0.4 is 5.32 Å². The summed E-state index contributed by atoms with van der Waals surface area (Å²) < 4.78 is 25.3. The number of thiol groups is 1. The van der Waals surface area contributed by atoms with Crippen molar-refractivity contribution in [3.05, 3.63) is 18.3 Å². The fourth-order valence-electron chi connectivity index (χ4n) is 1.47. The first-order valence-electron chi connectivity index (χ1n) is 5.51. The Bertz CT molecular complexity index is 604. The summed E-state index contributed by atoms with van der Waals surface area (Å²) in [5, 5.41) is 2.62. The molecule has 0 spiro atoms. The monoisotopic (exact) mass is 299 g/mol. The molecule has 0 amide bonds. The Labute approximate surface area is 117 Å². The number of rotatable bonds is 3. The standard InChI is InChI=1S/C11H13N3O3S2/c1-2-5-12-11-4-3-10(6-13-11)19(15,16)14-7-9(18)8-17-14/h3-4,6,9,18H,7-8H2,1H3,(H,12,13). The summed E-state index contributed by atoms with van der Waals surface area (Å²) in [5.74, 6) is 3.14. The van der Waals surface area contributed by atoms with Crippen molar-refractivity contribution in [1.29, 1.82) is 0 Å². The van der Waals surface area contributed by atoms with Gasteiger partial charge in [0.15, 0.2) is 0 Å². The highest BCUT2D eigenvalue weighted by Gasteiger charge is 2.32. The third kappa shape index (κ3) is 3.19. The first-order valence-corrected chi connectivity index (χ1v) is 7.47. The molecule has 1 aliphatic heterocycles. The van der Waals surface area contributed by atoms with E-state index in [-0.39, 0.29) is 23.3 Å². The van der Waals surface area contributed by atoms with Crippen LogP contribution in [0.5, 0.6) is 0 Å². The lowest BCUT2D eigenvalue weighted by molar-refractivity contribution is -0.0283. The summed E-state index contributed by atoms with van der Waals surface area (Å²) in [7, 11) is -3.67. The molecule has 2 heterocycles. The summed E-state index contributed by atoms with van der Waals surface area (Å²) in [6, 6.07) is 5.63. The third-order valence-corrected chi connectivity index (χ3v) is 4.33. The van der Waals surface area contributed by atoms with E-state index in [1.54, 1.807) is 13.0 Å². The lowest BCUT2D eigenvalue weighted by Gasteiger charge is -2.14. The van der Waals surface area contributed by atoms with Gasteiger partial charge in [0.2, 0.25) is 0 Å². The second kappa shape index (κ2) is 5.79. The van der Waals surface area contributed by atoms with Crippen LogP contribution in [0.4, 0.5) is 5.82 Å². The summed E-state index contributed by atoms with van der Waals surface area (Å²) in [6.45, 7) is 2.19. The van der Waals surface area contributed by atoms with Crippen LogP contribution in [0.1, 0.15) is 6.92 Å². The maximum Gasteiger partial charge on any atom is 0.266 e. The summed E-state index contributed by atoms with van der Waals surface area (Å²) in [5.41, 5.74) is 0. The molecule has 19 heavy (non-hydrogen) atoms. The number of hydroxylamine groups is 1. The number of nitrogens with zero attached hydrogens (tertiary/aromatic N) is 2. The highest BCUT2D eigenvalue weighted by molar-refractivity contribution is 7.89. The smallest absolute Gasteiger partial charge is 0.266 e. The zero-order valence-electron chi connectivity index (χ0n) is 10.2. The Balaban J connectivity index is 2.18. The molecule has 0 aromatic carbocycles. The van der Waals surface area contributed by atoms with Gasteiger partial charge in [-0.1, -0.05) is 10.4 Å². The number of aromatic nitrogens is 1. The molecule has 1 N–H and O–H groups in total. The van der Waals surface area contributed by atoms with Crippen molar-refractivity contribution < 1.29 is 13.3 Å².